The second-order valence-corrected chi connectivity index (χ2v) is 2.66. The van der Waals surface area contributed by atoms with Crippen molar-refractivity contribution in [3.63, 3.8) is 0 Å². The molecule has 1 atom stereocenters. The van der Waals surface area contributed by atoms with E-state index in [1.807, 2.05) is 0 Å². The molecule has 0 saturated carbocycles. The zero-order valence-corrected chi connectivity index (χ0v) is 7.37. The molecule has 0 rings (SSSR count). The van der Waals surface area contributed by atoms with Crippen LogP contribution >= 0.6 is 12.6 Å². The molecule has 0 aliphatic heterocycles. The van der Waals surface area contributed by atoms with Crippen LogP contribution in [0.2, 0.25) is 6.32 Å². The van der Waals surface area contributed by atoms with Crippen LogP contribution in [0.5, 0.6) is 0 Å². The molecule has 0 aliphatic rings. The molecule has 0 bridgehead atoms. The van der Waals surface area contributed by atoms with E-state index < -0.39 is 19.1 Å². The standard InChI is InChI=1S/C5H12BNO4S/c8-5(9)4(3-12)7-2-1-6(10)11/h4,7,10-12H,1-3H2,(H,8,9)/t4-/m0/s1. The van der Waals surface area contributed by atoms with Gasteiger partial charge in [0, 0.05) is 5.75 Å². The molecular formula is C5H12BNO4S. The molecule has 4 N–H and O–H groups in total. The van der Waals surface area contributed by atoms with Gasteiger partial charge in [0.15, 0.2) is 0 Å². The molecule has 0 saturated heterocycles. The van der Waals surface area contributed by atoms with Crippen molar-refractivity contribution in [2.24, 2.45) is 0 Å². The van der Waals surface area contributed by atoms with Crippen LogP contribution in [0.4, 0.5) is 0 Å². The van der Waals surface area contributed by atoms with Crippen LogP contribution in [0.3, 0.4) is 0 Å². The summed E-state index contributed by atoms with van der Waals surface area (Å²) in [5.41, 5.74) is 0. The highest BCUT2D eigenvalue weighted by atomic mass is 32.1. The molecule has 0 aromatic rings. The third-order valence-electron chi connectivity index (χ3n) is 1.27. The molecule has 7 heteroatoms. The number of aliphatic carboxylic acids is 1. The summed E-state index contributed by atoms with van der Waals surface area (Å²) in [6.07, 6.45) is 0.109. The van der Waals surface area contributed by atoms with E-state index in [0.717, 1.165) is 0 Å². The Labute approximate surface area is 76.3 Å². The fourth-order valence-corrected chi connectivity index (χ4v) is 0.902. The number of carboxylic acid groups (broad SMARTS) is 1. The molecule has 0 spiro atoms. The third-order valence-corrected chi connectivity index (χ3v) is 1.64. The first-order valence-electron chi connectivity index (χ1n) is 3.51. The summed E-state index contributed by atoms with van der Waals surface area (Å²) in [6, 6.07) is -0.730. The second kappa shape index (κ2) is 6.30. The van der Waals surface area contributed by atoms with E-state index in [2.05, 4.69) is 17.9 Å². The van der Waals surface area contributed by atoms with Gasteiger partial charge < -0.3 is 20.5 Å². The van der Waals surface area contributed by atoms with Gasteiger partial charge in [-0.15, -0.1) is 0 Å². The summed E-state index contributed by atoms with van der Waals surface area (Å²) < 4.78 is 0. The molecular weight excluding hydrogens is 181 g/mol. The molecule has 0 heterocycles. The summed E-state index contributed by atoms with van der Waals surface area (Å²) in [5.74, 6) is -0.811. The Kier molecular flexibility index (Phi) is 6.18. The van der Waals surface area contributed by atoms with Crippen LogP contribution in [0.15, 0.2) is 0 Å². The van der Waals surface area contributed by atoms with Crippen molar-refractivity contribution in [1.82, 2.24) is 5.32 Å². The molecule has 0 aliphatic carbocycles. The minimum Gasteiger partial charge on any atom is -0.480 e. The molecule has 0 radical (unpaired) electrons. The topological polar surface area (TPSA) is 89.8 Å². The molecule has 0 fully saturated rings. The number of carboxylic acids is 1. The average Bonchev–Trinajstić information content (AvgIpc) is 1.96. The fourth-order valence-electron chi connectivity index (χ4n) is 0.617. The lowest BCUT2D eigenvalue weighted by Gasteiger charge is -2.10. The predicted octanol–water partition coefficient (Wildman–Crippen LogP) is -1.57. The Morgan fingerprint density at radius 2 is 2.17 bits per heavy atom. The zero-order chi connectivity index (χ0) is 9.56. The number of rotatable bonds is 6. The van der Waals surface area contributed by atoms with E-state index in [-0.39, 0.29) is 18.6 Å². The maximum absolute atomic E-state index is 10.4. The van der Waals surface area contributed by atoms with Gasteiger partial charge >= 0.3 is 13.1 Å². The monoisotopic (exact) mass is 193 g/mol. The first-order valence-corrected chi connectivity index (χ1v) is 4.14. The molecule has 12 heavy (non-hydrogen) atoms. The van der Waals surface area contributed by atoms with Gasteiger partial charge in [0.25, 0.3) is 0 Å². The molecule has 0 unspecified atom stereocenters. The number of nitrogens with one attached hydrogen (secondary N) is 1. The largest absolute Gasteiger partial charge is 0.480 e. The van der Waals surface area contributed by atoms with Crippen LogP contribution in [0.25, 0.3) is 0 Å². The van der Waals surface area contributed by atoms with Gasteiger partial charge in [0.05, 0.1) is 0 Å². The Morgan fingerprint density at radius 3 is 2.50 bits per heavy atom. The van der Waals surface area contributed by atoms with Crippen molar-refractivity contribution in [3.8, 4) is 0 Å². The average molecular weight is 193 g/mol. The molecule has 5 nitrogen and oxygen atoms in total. The Bertz CT molecular complexity index is 145. The van der Waals surface area contributed by atoms with Crippen LogP contribution in [0, 0.1) is 0 Å². The number of hydrogen-bond acceptors (Lipinski definition) is 5. The highest BCUT2D eigenvalue weighted by Crippen LogP contribution is 1.89. The maximum atomic E-state index is 10.4. The molecule has 0 aromatic carbocycles. The number of thiol groups is 1. The van der Waals surface area contributed by atoms with E-state index in [0.29, 0.717) is 0 Å². The van der Waals surface area contributed by atoms with E-state index >= 15 is 0 Å². The predicted molar refractivity (Wildman–Crippen MR) is 48.3 cm³/mol. The molecule has 0 amide bonds. The number of hydrogen-bond donors (Lipinski definition) is 5. The van der Waals surface area contributed by atoms with Crippen molar-refractivity contribution in [3.05, 3.63) is 0 Å². The van der Waals surface area contributed by atoms with Gasteiger partial charge in [-0.25, -0.2) is 0 Å². The lowest BCUT2D eigenvalue weighted by molar-refractivity contribution is -0.138. The highest BCUT2D eigenvalue weighted by Gasteiger charge is 2.15. The van der Waals surface area contributed by atoms with Crippen molar-refractivity contribution in [2.45, 2.75) is 12.4 Å². The van der Waals surface area contributed by atoms with Crippen LogP contribution in [0.1, 0.15) is 0 Å². The highest BCUT2D eigenvalue weighted by molar-refractivity contribution is 7.80. The summed E-state index contributed by atoms with van der Waals surface area (Å²) in [5, 5.41) is 28.0. The molecule has 0 aromatic heterocycles. The minimum atomic E-state index is -1.40. The summed E-state index contributed by atoms with van der Waals surface area (Å²) in [7, 11) is -1.40. The summed E-state index contributed by atoms with van der Waals surface area (Å²) in [4.78, 5) is 10.4. The van der Waals surface area contributed by atoms with Crippen molar-refractivity contribution in [2.75, 3.05) is 12.3 Å². The second-order valence-electron chi connectivity index (χ2n) is 2.30. The quantitative estimate of drug-likeness (QED) is 0.260. The summed E-state index contributed by atoms with van der Waals surface area (Å²) >= 11 is 3.81. The Balaban J connectivity index is 3.52. The first kappa shape index (κ1) is 11.8. The van der Waals surface area contributed by atoms with Gasteiger partial charge in [-0.1, -0.05) is 0 Å². The van der Waals surface area contributed by atoms with Crippen LogP contribution in [-0.2, 0) is 4.79 Å². The van der Waals surface area contributed by atoms with E-state index in [9.17, 15) is 4.79 Å². The number of carbonyl (C=O) groups is 1. The summed E-state index contributed by atoms with van der Waals surface area (Å²) in [6.45, 7) is 0.245. The van der Waals surface area contributed by atoms with Crippen LogP contribution in [-0.4, -0.2) is 46.6 Å². The van der Waals surface area contributed by atoms with Crippen LogP contribution < -0.4 is 5.32 Å². The third kappa shape index (κ3) is 5.42. The molecule has 70 valence electrons. The van der Waals surface area contributed by atoms with E-state index in [1.54, 1.807) is 0 Å². The normalized spacial score (nSPS) is 12.6. The van der Waals surface area contributed by atoms with Gasteiger partial charge in [-0.2, -0.15) is 12.6 Å². The van der Waals surface area contributed by atoms with Gasteiger partial charge in [-0.3, -0.25) is 4.79 Å². The lowest BCUT2D eigenvalue weighted by atomic mass is 9.86. The lowest BCUT2D eigenvalue weighted by Crippen LogP contribution is -2.39. The SMILES string of the molecule is O=C(O)[C@H](CS)NCCB(O)O. The van der Waals surface area contributed by atoms with Crippen molar-refractivity contribution >= 4 is 25.7 Å². The van der Waals surface area contributed by atoms with E-state index in [4.69, 9.17) is 15.2 Å². The van der Waals surface area contributed by atoms with Crippen molar-refractivity contribution in [1.29, 1.82) is 0 Å². The van der Waals surface area contributed by atoms with Gasteiger partial charge in [-0.05, 0) is 12.9 Å². The Morgan fingerprint density at radius 1 is 1.58 bits per heavy atom. The first-order chi connectivity index (χ1) is 5.57. The smallest absolute Gasteiger partial charge is 0.452 e. The van der Waals surface area contributed by atoms with E-state index in [1.165, 1.54) is 0 Å². The van der Waals surface area contributed by atoms with Gasteiger partial charge in [0.2, 0.25) is 0 Å². The minimum absolute atomic E-state index is 0.109. The van der Waals surface area contributed by atoms with Crippen molar-refractivity contribution < 1.29 is 19.9 Å². The fraction of sp³-hybridized carbons (Fsp3) is 0.800. The Hall–Kier alpha value is -0.235. The van der Waals surface area contributed by atoms with Gasteiger partial charge in [0.1, 0.15) is 6.04 Å². The maximum Gasteiger partial charge on any atom is 0.452 e. The zero-order valence-electron chi connectivity index (χ0n) is 6.47.